The number of urea groups is 1. The molecule has 5 nitrogen and oxygen atoms in total. The van der Waals surface area contributed by atoms with Crippen LogP contribution in [0.15, 0.2) is 4.99 Å². The van der Waals surface area contributed by atoms with Crippen LogP contribution in [-0.4, -0.2) is 17.8 Å². The minimum atomic E-state index is -1.15. The van der Waals surface area contributed by atoms with E-state index in [1.54, 1.807) is 6.92 Å². The zero-order chi connectivity index (χ0) is 14.5. The van der Waals surface area contributed by atoms with Gasteiger partial charge in [-0.25, -0.2) is 9.79 Å². The van der Waals surface area contributed by atoms with Crippen molar-refractivity contribution in [3.8, 4) is 0 Å². The molecule has 6 heteroatoms. The summed E-state index contributed by atoms with van der Waals surface area (Å²) in [4.78, 5) is 26.6. The number of carbonyl (C=O) groups is 2. The van der Waals surface area contributed by atoms with E-state index < -0.39 is 23.3 Å². The molecule has 1 rings (SSSR count). The summed E-state index contributed by atoms with van der Waals surface area (Å²) in [5.74, 6) is -1.16. The minimum absolute atomic E-state index is 0. The van der Waals surface area contributed by atoms with Gasteiger partial charge in [-0.1, -0.05) is 46.5 Å². The van der Waals surface area contributed by atoms with Gasteiger partial charge >= 0.3 is 35.6 Å². The van der Waals surface area contributed by atoms with Crippen molar-refractivity contribution >= 4 is 17.8 Å². The van der Waals surface area contributed by atoms with E-state index in [1.165, 1.54) is 0 Å². The fourth-order valence-corrected chi connectivity index (χ4v) is 2.74. The summed E-state index contributed by atoms with van der Waals surface area (Å²) < 4.78 is 0. The molecule has 0 bridgehead atoms. The standard InChI is InChI=1S/C14H24N2O3.Na/c1-4-6-7-8-9-10(3)14(5-2)11(17)15-13(19)16-12(14)18;/h10H,4-9H2,1-3H3,(H2,15,16,17,18,19);/q;+1/p-1. The van der Waals surface area contributed by atoms with Gasteiger partial charge in [0.05, 0.1) is 5.41 Å². The number of aliphatic imine (C=N–C) groups is 1. The van der Waals surface area contributed by atoms with Gasteiger partial charge in [0, 0.05) is 0 Å². The summed E-state index contributed by atoms with van der Waals surface area (Å²) in [5.41, 5.74) is -1.15. The van der Waals surface area contributed by atoms with Gasteiger partial charge in [-0.15, -0.1) is 0 Å². The molecule has 1 aliphatic heterocycles. The van der Waals surface area contributed by atoms with E-state index in [0.717, 1.165) is 32.1 Å². The second-order valence-electron chi connectivity index (χ2n) is 5.25. The van der Waals surface area contributed by atoms with Crippen LogP contribution in [0.2, 0.25) is 0 Å². The molecule has 20 heavy (non-hydrogen) atoms. The van der Waals surface area contributed by atoms with Crippen molar-refractivity contribution in [2.75, 3.05) is 0 Å². The molecule has 0 saturated heterocycles. The molecular formula is C14H23N2NaO3. The van der Waals surface area contributed by atoms with Crippen LogP contribution in [0.3, 0.4) is 0 Å². The van der Waals surface area contributed by atoms with Gasteiger partial charge in [-0.3, -0.25) is 10.1 Å². The molecule has 0 aromatic carbocycles. The van der Waals surface area contributed by atoms with Crippen molar-refractivity contribution in [3.05, 3.63) is 0 Å². The van der Waals surface area contributed by atoms with Gasteiger partial charge in [0.25, 0.3) is 0 Å². The van der Waals surface area contributed by atoms with Crippen molar-refractivity contribution in [2.24, 2.45) is 16.3 Å². The summed E-state index contributed by atoms with van der Waals surface area (Å²) >= 11 is 0. The molecule has 108 valence electrons. The maximum absolute atomic E-state index is 12.1. The average molecular weight is 290 g/mol. The maximum Gasteiger partial charge on any atom is 1.00 e. The number of hydrogen-bond acceptors (Lipinski definition) is 3. The van der Waals surface area contributed by atoms with Crippen molar-refractivity contribution in [1.82, 2.24) is 5.32 Å². The van der Waals surface area contributed by atoms with Crippen LogP contribution in [0.5, 0.6) is 0 Å². The Morgan fingerprint density at radius 2 is 1.90 bits per heavy atom. The zero-order valence-electron chi connectivity index (χ0n) is 13.0. The molecule has 0 aromatic heterocycles. The number of amides is 3. The van der Waals surface area contributed by atoms with Crippen LogP contribution in [0.1, 0.15) is 59.3 Å². The fourth-order valence-electron chi connectivity index (χ4n) is 2.74. The number of nitrogens with one attached hydrogen (secondary N) is 1. The third-order valence-electron chi connectivity index (χ3n) is 4.10. The number of carbonyl (C=O) groups excluding carboxylic acids is 2. The first-order valence-corrected chi connectivity index (χ1v) is 7.10. The fraction of sp³-hybridized carbons (Fsp3) is 0.786. The Balaban J connectivity index is 0.00000361. The monoisotopic (exact) mass is 290 g/mol. The van der Waals surface area contributed by atoms with E-state index >= 15 is 0 Å². The van der Waals surface area contributed by atoms with Crippen LogP contribution >= 0.6 is 0 Å². The predicted molar refractivity (Wildman–Crippen MR) is 71.6 cm³/mol. The number of hydrogen-bond donors (Lipinski definition) is 1. The van der Waals surface area contributed by atoms with Crippen molar-refractivity contribution < 1.29 is 44.3 Å². The molecular weight excluding hydrogens is 267 g/mol. The second-order valence-corrected chi connectivity index (χ2v) is 5.25. The first-order chi connectivity index (χ1) is 8.98. The quantitative estimate of drug-likeness (QED) is 0.482. The van der Waals surface area contributed by atoms with Crippen LogP contribution in [0.4, 0.5) is 4.79 Å². The van der Waals surface area contributed by atoms with Gasteiger partial charge in [-0.05, 0) is 24.7 Å². The Morgan fingerprint density at radius 3 is 2.40 bits per heavy atom. The smallest absolute Gasteiger partial charge is 0.861 e. The first kappa shape index (κ1) is 19.6. The normalized spacial score (nSPS) is 23.6. The molecule has 1 heterocycles. The summed E-state index contributed by atoms with van der Waals surface area (Å²) in [7, 11) is 0. The Morgan fingerprint density at radius 1 is 1.25 bits per heavy atom. The molecule has 2 atom stereocenters. The van der Waals surface area contributed by atoms with E-state index in [4.69, 9.17) is 0 Å². The van der Waals surface area contributed by atoms with Gasteiger partial charge in [0.2, 0.25) is 5.91 Å². The van der Waals surface area contributed by atoms with E-state index in [2.05, 4.69) is 17.2 Å². The topological polar surface area (TPSA) is 81.6 Å². The van der Waals surface area contributed by atoms with Gasteiger partial charge in [0.1, 0.15) is 0 Å². The van der Waals surface area contributed by atoms with Crippen molar-refractivity contribution in [1.29, 1.82) is 0 Å². The van der Waals surface area contributed by atoms with E-state index in [1.807, 2.05) is 6.92 Å². The first-order valence-electron chi connectivity index (χ1n) is 7.10. The third-order valence-corrected chi connectivity index (χ3v) is 4.10. The molecule has 0 spiro atoms. The Hall–Kier alpha value is -0.390. The van der Waals surface area contributed by atoms with Crippen LogP contribution < -0.4 is 40.0 Å². The van der Waals surface area contributed by atoms with Crippen molar-refractivity contribution in [2.45, 2.75) is 59.3 Å². The second kappa shape index (κ2) is 8.80. The summed E-state index contributed by atoms with van der Waals surface area (Å²) in [5, 5.41) is 14.2. The minimum Gasteiger partial charge on any atom is -0.861 e. The molecule has 0 radical (unpaired) electrons. The van der Waals surface area contributed by atoms with Gasteiger partial charge in [0.15, 0.2) is 0 Å². The van der Waals surface area contributed by atoms with Crippen molar-refractivity contribution in [3.63, 3.8) is 0 Å². The molecule has 0 aromatic rings. The Labute approximate surface area is 142 Å². The molecule has 2 unspecified atom stereocenters. The molecule has 1 N–H and O–H groups in total. The summed E-state index contributed by atoms with van der Waals surface area (Å²) in [6, 6.07) is -0.836. The number of rotatable bonds is 7. The Bertz CT molecular complexity index is 385. The SMILES string of the molecule is CCCCCCC(C)C1(CC)C(=O)NC(=O)N=C1[O-].[Na+]. The molecule has 1 aliphatic rings. The average Bonchev–Trinajstić information content (AvgIpc) is 2.34. The van der Waals surface area contributed by atoms with E-state index in [0.29, 0.717) is 6.42 Å². The number of nitrogens with zero attached hydrogens (tertiary/aromatic N) is 1. The van der Waals surface area contributed by atoms with Crippen LogP contribution in [0.25, 0.3) is 0 Å². The Kier molecular flexibility index (Phi) is 8.63. The maximum atomic E-state index is 12.1. The molecule has 3 amide bonds. The van der Waals surface area contributed by atoms with E-state index in [9.17, 15) is 14.7 Å². The van der Waals surface area contributed by atoms with Gasteiger partial charge < -0.3 is 5.11 Å². The largest absolute Gasteiger partial charge is 1.00 e. The molecule has 0 saturated carbocycles. The predicted octanol–water partition coefficient (Wildman–Crippen LogP) is -0.998. The summed E-state index contributed by atoms with van der Waals surface area (Å²) in [6.07, 6.45) is 5.59. The molecule has 0 aliphatic carbocycles. The summed E-state index contributed by atoms with van der Waals surface area (Å²) in [6.45, 7) is 5.84. The third kappa shape index (κ3) is 4.06. The number of unbranched alkanes of at least 4 members (excludes halogenated alkanes) is 3. The number of imide groups is 1. The zero-order valence-corrected chi connectivity index (χ0v) is 15.0. The van der Waals surface area contributed by atoms with Gasteiger partial charge in [-0.2, -0.15) is 0 Å². The molecule has 0 fully saturated rings. The van der Waals surface area contributed by atoms with Crippen LogP contribution in [-0.2, 0) is 4.79 Å². The van der Waals surface area contributed by atoms with Crippen LogP contribution in [0, 0.1) is 11.3 Å². The van der Waals surface area contributed by atoms with E-state index in [-0.39, 0.29) is 35.5 Å².